The van der Waals surface area contributed by atoms with Crippen molar-refractivity contribution in [3.63, 3.8) is 0 Å². The number of anilines is 2. The zero-order valence-corrected chi connectivity index (χ0v) is 23.8. The standard InChI is InChI=1S/C20H24F2N8O9P2S/c21-12-9(27-11-1-2-24-6-25-11)3-8-4-35-40(32,33)38-16-13(22)10(5-36-41(34,42)39-15(8)12)37-19(16)30-7-26-14-17(30)28-20(23)29-18(14)31/h1-2,6-10,12-13,15-16,19H,3-5H2,(H,32,33)(H,34,42)(H,24,25,27)(H3,23,28,29,31)/t8-,9-,10-,12+,13-,15-,16-,19-,41?/m1/s1. The maximum absolute atomic E-state index is 15.7. The second-order valence-corrected chi connectivity index (χ2v) is 13.9. The predicted molar refractivity (Wildman–Crippen MR) is 142 cm³/mol. The number of nitrogens with two attached hydrogens (primary N) is 1. The molecule has 17 nitrogen and oxygen atoms in total. The molecule has 3 aliphatic rings. The molecule has 5 heterocycles. The van der Waals surface area contributed by atoms with Crippen molar-refractivity contribution in [1.29, 1.82) is 0 Å². The third-order valence-corrected chi connectivity index (χ3v) is 9.53. The molecule has 2 saturated heterocycles. The Morgan fingerprint density at radius 3 is 2.74 bits per heavy atom. The van der Waals surface area contributed by atoms with Gasteiger partial charge in [-0.15, -0.1) is 0 Å². The number of phosphoric ester groups is 1. The average Bonchev–Trinajstić information content (AvgIpc) is 3.57. The van der Waals surface area contributed by atoms with Gasteiger partial charge in [-0.25, -0.2) is 28.3 Å². The summed E-state index contributed by atoms with van der Waals surface area (Å²) in [6.45, 7) is -5.53. The molecule has 6 N–H and O–H groups in total. The molecule has 228 valence electrons. The van der Waals surface area contributed by atoms with Crippen LogP contribution in [0.15, 0.2) is 29.7 Å². The van der Waals surface area contributed by atoms with Gasteiger partial charge in [-0.3, -0.25) is 23.4 Å². The fourth-order valence-electron chi connectivity index (χ4n) is 5.11. The lowest BCUT2D eigenvalue weighted by molar-refractivity contribution is -0.0537. The summed E-state index contributed by atoms with van der Waals surface area (Å²) >= 11 is 5.09. The number of phosphoric acid groups is 1. The van der Waals surface area contributed by atoms with Gasteiger partial charge < -0.3 is 34.6 Å². The number of hydrogen-bond acceptors (Lipinski definition) is 14. The minimum Gasteiger partial charge on any atom is -0.369 e. The summed E-state index contributed by atoms with van der Waals surface area (Å²) in [4.78, 5) is 51.6. The Morgan fingerprint density at radius 1 is 1.17 bits per heavy atom. The molecular formula is C20H24F2N8O9P2S. The second kappa shape index (κ2) is 11.2. The number of rotatable bonds is 3. The molecule has 3 aromatic heterocycles. The van der Waals surface area contributed by atoms with Gasteiger partial charge in [0.05, 0.1) is 25.6 Å². The summed E-state index contributed by atoms with van der Waals surface area (Å²) in [5, 5.41) is 2.89. The number of alkyl halides is 2. The van der Waals surface area contributed by atoms with E-state index in [2.05, 4.69) is 30.2 Å². The highest BCUT2D eigenvalue weighted by molar-refractivity contribution is 8.07. The van der Waals surface area contributed by atoms with E-state index in [1.165, 1.54) is 18.6 Å². The first-order valence-electron chi connectivity index (χ1n) is 12.4. The van der Waals surface area contributed by atoms with Gasteiger partial charge in [0.2, 0.25) is 5.95 Å². The molecule has 10 atom stereocenters. The maximum Gasteiger partial charge on any atom is 0.472 e. The van der Waals surface area contributed by atoms with E-state index in [9.17, 15) is 19.1 Å². The van der Waals surface area contributed by atoms with Crippen molar-refractivity contribution in [2.45, 2.75) is 49.3 Å². The number of imidazole rings is 1. The SMILES string of the molecule is Nc1nc2c(ncn2[C@@H]2O[C@@H]3COP(O)(=S)O[C@@H]4[C@@H](COP(=O)(O)O[C@@H]2[C@@H]3F)C[C@@H](Nc2ccncn2)[C@@H]4F)c(=O)[nH]1. The molecule has 1 saturated carbocycles. The van der Waals surface area contributed by atoms with Crippen LogP contribution in [0.25, 0.3) is 11.2 Å². The first-order valence-corrected chi connectivity index (χ1v) is 16.5. The highest BCUT2D eigenvalue weighted by atomic mass is 32.5. The van der Waals surface area contributed by atoms with E-state index < -0.39 is 82.2 Å². The topological polar surface area (TPSA) is 231 Å². The Kier molecular flexibility index (Phi) is 7.88. The van der Waals surface area contributed by atoms with E-state index in [0.717, 1.165) is 10.9 Å². The normalized spacial score (nSPS) is 39.2. The molecule has 0 amide bonds. The number of nitrogens with one attached hydrogen (secondary N) is 2. The average molecular weight is 652 g/mol. The predicted octanol–water partition coefficient (Wildman–Crippen LogP) is 0.700. The maximum atomic E-state index is 15.7. The number of aromatic nitrogens is 6. The third-order valence-electron chi connectivity index (χ3n) is 6.99. The molecule has 6 rings (SSSR count). The van der Waals surface area contributed by atoms with Crippen molar-refractivity contribution in [2.24, 2.45) is 5.92 Å². The van der Waals surface area contributed by atoms with E-state index in [1.54, 1.807) is 0 Å². The van der Waals surface area contributed by atoms with Crippen molar-refractivity contribution in [3.8, 4) is 0 Å². The van der Waals surface area contributed by atoms with Crippen molar-refractivity contribution in [2.75, 3.05) is 24.3 Å². The zero-order chi connectivity index (χ0) is 29.8. The molecule has 42 heavy (non-hydrogen) atoms. The summed E-state index contributed by atoms with van der Waals surface area (Å²) in [5.74, 6) is -0.894. The second-order valence-electron chi connectivity index (χ2n) is 9.74. The van der Waals surface area contributed by atoms with Crippen LogP contribution in [0.4, 0.5) is 20.5 Å². The van der Waals surface area contributed by atoms with Crippen LogP contribution in [-0.2, 0) is 39.2 Å². The van der Waals surface area contributed by atoms with Gasteiger partial charge in [-0.1, -0.05) is 0 Å². The zero-order valence-electron chi connectivity index (χ0n) is 21.2. The van der Waals surface area contributed by atoms with E-state index in [0.29, 0.717) is 5.82 Å². The van der Waals surface area contributed by atoms with Crippen LogP contribution in [-0.4, -0.2) is 89.2 Å². The molecule has 0 aromatic carbocycles. The number of nitrogens with zero attached hydrogens (tertiary/aromatic N) is 5. The fraction of sp³-hybridized carbons (Fsp3) is 0.550. The smallest absolute Gasteiger partial charge is 0.369 e. The van der Waals surface area contributed by atoms with Crippen LogP contribution in [0.1, 0.15) is 12.6 Å². The van der Waals surface area contributed by atoms with Crippen LogP contribution < -0.4 is 16.6 Å². The van der Waals surface area contributed by atoms with Crippen LogP contribution in [0.2, 0.25) is 0 Å². The van der Waals surface area contributed by atoms with Gasteiger partial charge in [0.1, 0.15) is 36.6 Å². The van der Waals surface area contributed by atoms with Gasteiger partial charge in [0, 0.05) is 12.1 Å². The van der Waals surface area contributed by atoms with Crippen LogP contribution in [0, 0.1) is 5.92 Å². The molecule has 2 aliphatic heterocycles. The highest BCUT2D eigenvalue weighted by Crippen LogP contribution is 2.54. The fourth-order valence-corrected chi connectivity index (χ4v) is 7.55. The molecule has 2 unspecified atom stereocenters. The van der Waals surface area contributed by atoms with E-state index in [4.69, 9.17) is 40.4 Å². The number of fused-ring (bicyclic) bond motifs is 4. The first-order chi connectivity index (χ1) is 19.9. The van der Waals surface area contributed by atoms with Crippen molar-refractivity contribution in [1.82, 2.24) is 29.5 Å². The number of ether oxygens (including phenoxy) is 1. The number of halogens is 2. The number of aromatic amines is 1. The van der Waals surface area contributed by atoms with Crippen LogP contribution in [0.5, 0.6) is 0 Å². The Balaban J connectivity index is 1.29. The monoisotopic (exact) mass is 652 g/mol. The lowest BCUT2D eigenvalue weighted by Gasteiger charge is -2.27. The van der Waals surface area contributed by atoms with Crippen LogP contribution in [0.3, 0.4) is 0 Å². The molecular weight excluding hydrogens is 628 g/mol. The van der Waals surface area contributed by atoms with Crippen molar-refractivity contribution in [3.05, 3.63) is 35.3 Å². The Labute approximate surface area is 239 Å². The van der Waals surface area contributed by atoms with Gasteiger partial charge >= 0.3 is 14.5 Å². The summed E-state index contributed by atoms with van der Waals surface area (Å²) < 4.78 is 72.4. The van der Waals surface area contributed by atoms with E-state index >= 15 is 8.78 Å². The molecule has 1 aliphatic carbocycles. The largest absolute Gasteiger partial charge is 0.472 e. The Hall–Kier alpha value is -2.51. The molecule has 0 radical (unpaired) electrons. The molecule has 3 aromatic rings. The minimum absolute atomic E-state index is 0.00262. The van der Waals surface area contributed by atoms with E-state index in [1.807, 2.05) is 0 Å². The van der Waals surface area contributed by atoms with Crippen LogP contribution >= 0.6 is 14.5 Å². The highest BCUT2D eigenvalue weighted by Gasteiger charge is 2.53. The Bertz CT molecular complexity index is 1620. The summed E-state index contributed by atoms with van der Waals surface area (Å²) in [5.41, 5.74) is 4.65. The number of nitrogen functional groups attached to an aromatic ring is 1. The number of hydrogen-bond donors (Lipinski definition) is 5. The van der Waals surface area contributed by atoms with Crippen molar-refractivity contribution >= 4 is 49.3 Å². The lowest BCUT2D eigenvalue weighted by Crippen LogP contribution is -2.34. The van der Waals surface area contributed by atoms with Gasteiger partial charge in [-0.05, 0) is 24.3 Å². The lowest BCUT2D eigenvalue weighted by atomic mass is 10.1. The van der Waals surface area contributed by atoms with Gasteiger partial charge in [0.15, 0.2) is 23.6 Å². The first kappa shape index (κ1) is 29.6. The molecule has 3 fully saturated rings. The van der Waals surface area contributed by atoms with Gasteiger partial charge in [0.25, 0.3) is 5.56 Å². The minimum atomic E-state index is -5.05. The Morgan fingerprint density at radius 2 is 1.98 bits per heavy atom. The summed E-state index contributed by atoms with van der Waals surface area (Å²) in [6, 6.07) is 0.591. The summed E-state index contributed by atoms with van der Waals surface area (Å²) in [6.07, 6.45) is -6.47. The molecule has 2 bridgehead atoms. The third kappa shape index (κ3) is 5.84. The summed E-state index contributed by atoms with van der Waals surface area (Å²) in [7, 11) is -5.05. The van der Waals surface area contributed by atoms with Gasteiger partial charge in [-0.2, -0.15) is 4.98 Å². The molecule has 0 spiro atoms. The quantitative estimate of drug-likeness (QED) is 0.245. The van der Waals surface area contributed by atoms with Crippen molar-refractivity contribution < 1.29 is 46.0 Å². The van der Waals surface area contributed by atoms with E-state index in [-0.39, 0.29) is 23.5 Å². The number of H-pyrrole nitrogens is 1. The molecule has 22 heteroatoms.